The van der Waals surface area contributed by atoms with E-state index in [0.717, 1.165) is 27.6 Å². The molecule has 0 aliphatic rings. The van der Waals surface area contributed by atoms with Crippen LogP contribution in [-0.4, -0.2) is 20.5 Å². The number of benzene rings is 2. The summed E-state index contributed by atoms with van der Waals surface area (Å²) >= 11 is 0. The van der Waals surface area contributed by atoms with E-state index in [9.17, 15) is 4.79 Å². The highest BCUT2D eigenvalue weighted by atomic mass is 16.1. The number of pyridine rings is 1. The molecule has 4 heteroatoms. The van der Waals surface area contributed by atoms with Crippen molar-refractivity contribution in [1.82, 2.24) is 14.8 Å². The minimum Gasteiger partial charge on any atom is -0.294 e. The fourth-order valence-electron chi connectivity index (χ4n) is 2.92. The van der Waals surface area contributed by atoms with Crippen LogP contribution in [0, 0.1) is 0 Å². The smallest absolute Gasteiger partial charge is 0.168 e. The normalized spacial score (nSPS) is 10.9. The molecule has 0 bridgehead atoms. The molecule has 4 aromatic rings. The average Bonchev–Trinajstić information content (AvgIpc) is 3.08. The van der Waals surface area contributed by atoms with E-state index < -0.39 is 0 Å². The zero-order valence-corrected chi connectivity index (χ0v) is 13.9. The van der Waals surface area contributed by atoms with E-state index in [-0.39, 0.29) is 5.78 Å². The second kappa shape index (κ2) is 6.32. The Morgan fingerprint density at radius 2 is 1.80 bits per heavy atom. The molecule has 2 aromatic heterocycles. The topological polar surface area (TPSA) is 47.8 Å². The van der Waals surface area contributed by atoms with Gasteiger partial charge in [-0.05, 0) is 23.1 Å². The number of aryl methyl sites for hydroxylation is 1. The number of carbonyl (C=O) groups excluding carboxylic acids is 1. The summed E-state index contributed by atoms with van der Waals surface area (Å²) in [6, 6.07) is 17.6. The van der Waals surface area contributed by atoms with Crippen LogP contribution in [0.2, 0.25) is 0 Å². The quantitative estimate of drug-likeness (QED) is 0.531. The Morgan fingerprint density at radius 1 is 0.960 bits per heavy atom. The lowest BCUT2D eigenvalue weighted by Crippen LogP contribution is -2.04. The van der Waals surface area contributed by atoms with Crippen LogP contribution in [0.4, 0.5) is 0 Å². The molecule has 0 fully saturated rings. The monoisotopic (exact) mass is 327 g/mol. The number of hydrogen-bond donors (Lipinski definition) is 0. The van der Waals surface area contributed by atoms with E-state index in [1.807, 2.05) is 68.1 Å². The lowest BCUT2D eigenvalue weighted by molar-refractivity contribution is 0.0992. The van der Waals surface area contributed by atoms with Gasteiger partial charge < -0.3 is 0 Å². The Labute approximate surface area is 145 Å². The number of ketones is 1. The maximum atomic E-state index is 12.4. The van der Waals surface area contributed by atoms with E-state index in [4.69, 9.17) is 0 Å². The number of carbonyl (C=O) groups is 1. The molecule has 0 atom stereocenters. The van der Waals surface area contributed by atoms with Crippen LogP contribution in [0.1, 0.15) is 16.1 Å². The number of Topliss-reactive ketones (excluding diaryl/α,β-unsaturated/α-hetero) is 1. The fraction of sp³-hybridized carbons (Fsp3) is 0.0952. The van der Waals surface area contributed by atoms with Gasteiger partial charge in [0, 0.05) is 41.6 Å². The summed E-state index contributed by atoms with van der Waals surface area (Å²) in [4.78, 5) is 16.8. The predicted molar refractivity (Wildman–Crippen MR) is 98.4 cm³/mol. The summed E-state index contributed by atoms with van der Waals surface area (Å²) in [6.07, 6.45) is 5.97. The van der Waals surface area contributed by atoms with Crippen molar-refractivity contribution in [2.45, 2.75) is 6.42 Å². The molecule has 0 N–H and O–H groups in total. The maximum absolute atomic E-state index is 12.4. The maximum Gasteiger partial charge on any atom is 0.168 e. The zero-order valence-electron chi connectivity index (χ0n) is 13.9. The van der Waals surface area contributed by atoms with E-state index in [0.29, 0.717) is 12.0 Å². The van der Waals surface area contributed by atoms with Crippen LogP contribution in [0.5, 0.6) is 0 Å². The standard InChI is InChI=1S/C21H17N3O/c1-24-14-19(13-23-24)16-7-8-17-12-22-20(10-18(17)9-16)11-21(25)15-5-3-2-4-6-15/h2-10,12-14H,11H2,1H3. The first-order valence-electron chi connectivity index (χ1n) is 8.15. The summed E-state index contributed by atoms with van der Waals surface area (Å²) in [5.41, 5.74) is 3.67. The van der Waals surface area contributed by atoms with Crippen molar-refractivity contribution in [3.63, 3.8) is 0 Å². The Hall–Kier alpha value is -3.27. The van der Waals surface area contributed by atoms with Crippen LogP contribution < -0.4 is 0 Å². The Kier molecular flexibility index (Phi) is 3.86. The first-order chi connectivity index (χ1) is 12.2. The molecule has 0 aliphatic heterocycles. The van der Waals surface area contributed by atoms with Crippen molar-refractivity contribution >= 4 is 16.6 Å². The van der Waals surface area contributed by atoms with Crippen LogP contribution in [0.15, 0.2) is 73.2 Å². The molecule has 0 radical (unpaired) electrons. The second-order valence-corrected chi connectivity index (χ2v) is 6.11. The minimum atomic E-state index is 0.0795. The Bertz CT molecular complexity index is 1050. The lowest BCUT2D eigenvalue weighted by atomic mass is 10.0. The van der Waals surface area contributed by atoms with Crippen molar-refractivity contribution in [1.29, 1.82) is 0 Å². The van der Waals surface area contributed by atoms with Crippen LogP contribution in [0.25, 0.3) is 21.9 Å². The van der Waals surface area contributed by atoms with Gasteiger partial charge in [-0.3, -0.25) is 14.5 Å². The summed E-state index contributed by atoms with van der Waals surface area (Å²) < 4.78 is 1.79. The molecule has 25 heavy (non-hydrogen) atoms. The molecule has 2 aromatic carbocycles. The van der Waals surface area contributed by atoms with Gasteiger partial charge in [-0.1, -0.05) is 42.5 Å². The van der Waals surface area contributed by atoms with Crippen molar-refractivity contribution in [3.8, 4) is 11.1 Å². The molecule has 0 aliphatic carbocycles. The molecule has 2 heterocycles. The summed E-state index contributed by atoms with van der Waals surface area (Å²) in [5, 5.41) is 6.36. The van der Waals surface area contributed by atoms with Gasteiger partial charge in [-0.25, -0.2) is 0 Å². The molecule has 0 amide bonds. The van der Waals surface area contributed by atoms with E-state index in [1.54, 1.807) is 4.68 Å². The third-order valence-electron chi connectivity index (χ3n) is 4.25. The molecule has 0 saturated carbocycles. The molecule has 4 nitrogen and oxygen atoms in total. The predicted octanol–water partition coefficient (Wildman–Crippen LogP) is 4.06. The SMILES string of the molecule is Cn1cc(-c2ccc3cnc(CC(=O)c4ccccc4)cc3c2)cn1. The van der Waals surface area contributed by atoms with Gasteiger partial charge in [0.2, 0.25) is 0 Å². The van der Waals surface area contributed by atoms with Crippen molar-refractivity contribution in [3.05, 3.63) is 84.4 Å². The molecule has 122 valence electrons. The number of fused-ring (bicyclic) bond motifs is 1. The van der Waals surface area contributed by atoms with Gasteiger partial charge in [-0.15, -0.1) is 0 Å². The Balaban J connectivity index is 1.66. The van der Waals surface area contributed by atoms with Gasteiger partial charge in [0.05, 0.1) is 12.6 Å². The number of aromatic nitrogens is 3. The van der Waals surface area contributed by atoms with E-state index >= 15 is 0 Å². The molecular formula is C21H17N3O. The number of rotatable bonds is 4. The second-order valence-electron chi connectivity index (χ2n) is 6.11. The lowest BCUT2D eigenvalue weighted by Gasteiger charge is -2.05. The summed E-state index contributed by atoms with van der Waals surface area (Å²) in [7, 11) is 1.90. The van der Waals surface area contributed by atoms with E-state index in [2.05, 4.69) is 22.2 Å². The van der Waals surface area contributed by atoms with Gasteiger partial charge in [-0.2, -0.15) is 5.10 Å². The number of nitrogens with zero attached hydrogens (tertiary/aromatic N) is 3. The fourth-order valence-corrected chi connectivity index (χ4v) is 2.92. The van der Waals surface area contributed by atoms with Crippen molar-refractivity contribution in [2.24, 2.45) is 7.05 Å². The minimum absolute atomic E-state index is 0.0795. The molecule has 0 saturated heterocycles. The highest BCUT2D eigenvalue weighted by molar-refractivity contribution is 5.97. The first-order valence-corrected chi connectivity index (χ1v) is 8.15. The van der Waals surface area contributed by atoms with Gasteiger partial charge >= 0.3 is 0 Å². The van der Waals surface area contributed by atoms with Gasteiger partial charge in [0.15, 0.2) is 5.78 Å². The highest BCUT2D eigenvalue weighted by Gasteiger charge is 2.09. The van der Waals surface area contributed by atoms with Crippen LogP contribution >= 0.6 is 0 Å². The highest BCUT2D eigenvalue weighted by Crippen LogP contribution is 2.24. The average molecular weight is 327 g/mol. The van der Waals surface area contributed by atoms with E-state index in [1.165, 1.54) is 0 Å². The third kappa shape index (κ3) is 3.19. The van der Waals surface area contributed by atoms with Gasteiger partial charge in [0.1, 0.15) is 0 Å². The Morgan fingerprint density at radius 3 is 2.56 bits per heavy atom. The third-order valence-corrected chi connectivity index (χ3v) is 4.25. The zero-order chi connectivity index (χ0) is 17.2. The molecule has 4 rings (SSSR count). The number of hydrogen-bond acceptors (Lipinski definition) is 3. The van der Waals surface area contributed by atoms with Crippen molar-refractivity contribution in [2.75, 3.05) is 0 Å². The summed E-state index contributed by atoms with van der Waals surface area (Å²) in [6.45, 7) is 0. The van der Waals surface area contributed by atoms with Crippen molar-refractivity contribution < 1.29 is 4.79 Å². The van der Waals surface area contributed by atoms with Crippen LogP contribution in [-0.2, 0) is 13.5 Å². The van der Waals surface area contributed by atoms with Crippen LogP contribution in [0.3, 0.4) is 0 Å². The summed E-state index contributed by atoms with van der Waals surface area (Å²) in [5.74, 6) is 0.0795. The first kappa shape index (κ1) is 15.3. The molecule has 0 unspecified atom stereocenters. The molecule has 0 spiro atoms. The largest absolute Gasteiger partial charge is 0.294 e. The van der Waals surface area contributed by atoms with Gasteiger partial charge in [0.25, 0.3) is 0 Å². The molecular weight excluding hydrogens is 310 g/mol.